The van der Waals surface area contributed by atoms with Crippen LogP contribution in [0, 0.1) is 36.1 Å². The lowest BCUT2D eigenvalue weighted by Crippen LogP contribution is -2.34. The first-order valence-electron chi connectivity index (χ1n) is 3.80. The van der Waals surface area contributed by atoms with Gasteiger partial charge in [-0.2, -0.15) is 4.73 Å². The van der Waals surface area contributed by atoms with Crippen LogP contribution in [0.2, 0.25) is 0 Å². The maximum atomic E-state index is 11.3. The molecule has 1 rings (SSSR count). The number of aromatic nitrogens is 1. The summed E-state index contributed by atoms with van der Waals surface area (Å²) in [6, 6.07) is 1.51. The molecular weight excluding hydrogens is 172 g/mol. The molecule has 0 fully saturated rings. The van der Waals surface area contributed by atoms with Crippen molar-refractivity contribution in [3.05, 3.63) is 38.3 Å². The van der Waals surface area contributed by atoms with Crippen molar-refractivity contribution in [2.75, 3.05) is 0 Å². The van der Waals surface area contributed by atoms with E-state index in [0.29, 0.717) is 16.0 Å². The zero-order chi connectivity index (χ0) is 10.2. The van der Waals surface area contributed by atoms with Gasteiger partial charge in [0.05, 0.1) is 4.92 Å². The van der Waals surface area contributed by atoms with Crippen LogP contribution in [0.25, 0.3) is 0 Å². The molecule has 0 spiro atoms. The van der Waals surface area contributed by atoms with Crippen molar-refractivity contribution in [1.82, 2.24) is 0 Å². The van der Waals surface area contributed by atoms with Gasteiger partial charge in [0.25, 0.3) is 5.69 Å². The van der Waals surface area contributed by atoms with Crippen LogP contribution in [0.5, 0.6) is 0 Å². The Hall–Kier alpha value is -1.65. The van der Waals surface area contributed by atoms with Crippen LogP contribution < -0.4 is 4.73 Å². The number of rotatable bonds is 1. The average molecular weight is 182 g/mol. The molecule has 5 nitrogen and oxygen atoms in total. The molecule has 0 bridgehead atoms. The number of nitro groups is 1. The lowest BCUT2D eigenvalue weighted by molar-refractivity contribution is -0.623. The minimum Gasteiger partial charge on any atom is -0.618 e. The minimum absolute atomic E-state index is 0.0967. The Morgan fingerprint density at radius 3 is 2.38 bits per heavy atom. The van der Waals surface area contributed by atoms with Crippen LogP contribution in [-0.4, -0.2) is 4.92 Å². The van der Waals surface area contributed by atoms with Crippen LogP contribution in [0.1, 0.15) is 17.0 Å². The summed E-state index contributed by atoms with van der Waals surface area (Å²) in [5, 5.41) is 21.8. The molecule has 0 unspecified atom stereocenters. The number of aryl methyl sites for hydroxylation is 2. The summed E-state index contributed by atoms with van der Waals surface area (Å²) < 4.78 is 0.575. The second-order valence-corrected chi connectivity index (χ2v) is 2.95. The maximum Gasteiger partial charge on any atom is 0.339 e. The molecule has 0 aromatic carbocycles. The second kappa shape index (κ2) is 3.01. The normalized spacial score (nSPS) is 10.1. The fourth-order valence-corrected chi connectivity index (χ4v) is 1.36. The summed E-state index contributed by atoms with van der Waals surface area (Å²) in [5.41, 5.74) is 1.04. The lowest BCUT2D eigenvalue weighted by atomic mass is 10.2. The molecule has 0 aliphatic carbocycles. The predicted molar refractivity (Wildman–Crippen MR) is 46.3 cm³/mol. The second-order valence-electron chi connectivity index (χ2n) is 2.95. The van der Waals surface area contributed by atoms with E-state index < -0.39 is 4.92 Å². The maximum absolute atomic E-state index is 11.3. The minimum atomic E-state index is -0.529. The molecule has 0 N–H and O–H groups in total. The van der Waals surface area contributed by atoms with Crippen molar-refractivity contribution in [3.63, 3.8) is 0 Å². The molecule has 0 saturated heterocycles. The highest BCUT2D eigenvalue weighted by molar-refractivity contribution is 5.40. The van der Waals surface area contributed by atoms with Crippen molar-refractivity contribution < 1.29 is 9.65 Å². The third-order valence-electron chi connectivity index (χ3n) is 1.95. The van der Waals surface area contributed by atoms with Crippen molar-refractivity contribution in [2.24, 2.45) is 0 Å². The fourth-order valence-electron chi connectivity index (χ4n) is 1.36. The number of nitrogens with zero attached hydrogens (tertiary/aromatic N) is 2. The van der Waals surface area contributed by atoms with Crippen LogP contribution in [-0.2, 0) is 0 Å². The monoisotopic (exact) mass is 182 g/mol. The largest absolute Gasteiger partial charge is 0.618 e. The highest BCUT2D eigenvalue weighted by Crippen LogP contribution is 2.19. The molecule has 0 aliphatic rings. The summed E-state index contributed by atoms with van der Waals surface area (Å²) in [6.45, 7) is 4.69. The van der Waals surface area contributed by atoms with E-state index in [1.54, 1.807) is 13.8 Å². The Bertz CT molecular complexity index is 374. The fraction of sp³-hybridized carbons (Fsp3) is 0.375. The van der Waals surface area contributed by atoms with E-state index in [1.807, 2.05) is 0 Å². The van der Waals surface area contributed by atoms with E-state index in [4.69, 9.17) is 0 Å². The van der Waals surface area contributed by atoms with Gasteiger partial charge in [-0.15, -0.1) is 0 Å². The molecule has 0 atom stereocenters. The van der Waals surface area contributed by atoms with Gasteiger partial charge in [-0.1, -0.05) is 0 Å². The third-order valence-corrected chi connectivity index (χ3v) is 1.95. The van der Waals surface area contributed by atoms with Gasteiger partial charge >= 0.3 is 5.69 Å². The Morgan fingerprint density at radius 2 is 1.92 bits per heavy atom. The summed E-state index contributed by atoms with van der Waals surface area (Å²) >= 11 is 0. The highest BCUT2D eigenvalue weighted by atomic mass is 16.6. The highest BCUT2D eigenvalue weighted by Gasteiger charge is 2.23. The molecule has 1 heterocycles. The summed E-state index contributed by atoms with van der Waals surface area (Å²) in [5.74, 6) is 0. The van der Waals surface area contributed by atoms with Crippen molar-refractivity contribution in [3.8, 4) is 0 Å². The predicted octanol–water partition coefficient (Wildman–Crippen LogP) is 1.15. The van der Waals surface area contributed by atoms with Gasteiger partial charge in [0.2, 0.25) is 0 Å². The molecule has 1 aromatic rings. The van der Waals surface area contributed by atoms with Gasteiger partial charge in [0.15, 0.2) is 5.69 Å². The van der Waals surface area contributed by atoms with Gasteiger partial charge in [-0.3, -0.25) is 10.1 Å². The van der Waals surface area contributed by atoms with Crippen molar-refractivity contribution in [2.45, 2.75) is 20.8 Å². The number of pyridine rings is 1. The molecule has 0 radical (unpaired) electrons. The van der Waals surface area contributed by atoms with E-state index in [0.717, 1.165) is 0 Å². The third kappa shape index (κ3) is 1.44. The molecule has 13 heavy (non-hydrogen) atoms. The molecule has 70 valence electrons. The lowest BCUT2D eigenvalue weighted by Gasteiger charge is -2.05. The zero-order valence-corrected chi connectivity index (χ0v) is 7.70. The van der Waals surface area contributed by atoms with Crippen LogP contribution >= 0.6 is 0 Å². The Balaban J connectivity index is 3.53. The first-order chi connectivity index (χ1) is 5.95. The van der Waals surface area contributed by atoms with E-state index in [9.17, 15) is 15.3 Å². The molecule has 1 aromatic heterocycles. The van der Waals surface area contributed by atoms with Gasteiger partial charge in [0, 0.05) is 25.5 Å². The standard InChI is InChI=1S/C8H10N2O3/c1-5-4-6(2)9(11)7(3)8(5)10(12)13/h4H,1-3H3. The number of hydrogen-bond acceptors (Lipinski definition) is 3. The first-order valence-corrected chi connectivity index (χ1v) is 3.80. The van der Waals surface area contributed by atoms with Crippen LogP contribution in [0.4, 0.5) is 5.69 Å². The first kappa shape index (κ1) is 9.44. The smallest absolute Gasteiger partial charge is 0.339 e. The quantitative estimate of drug-likeness (QED) is 0.283. The van der Waals surface area contributed by atoms with Crippen molar-refractivity contribution in [1.29, 1.82) is 0 Å². The SMILES string of the molecule is Cc1cc(C)[n+]([O-])c(C)c1[N+](=O)[O-]. The van der Waals surface area contributed by atoms with Gasteiger partial charge in [0.1, 0.15) is 0 Å². The molecule has 0 amide bonds. The van der Waals surface area contributed by atoms with E-state index in [1.165, 1.54) is 13.0 Å². The molecular formula is C8H10N2O3. The van der Waals surface area contributed by atoms with Gasteiger partial charge in [-0.05, 0) is 6.92 Å². The Labute approximate surface area is 75.4 Å². The molecule has 0 saturated carbocycles. The van der Waals surface area contributed by atoms with E-state index >= 15 is 0 Å². The summed E-state index contributed by atoms with van der Waals surface area (Å²) in [4.78, 5) is 10.0. The zero-order valence-electron chi connectivity index (χ0n) is 7.70. The van der Waals surface area contributed by atoms with Crippen molar-refractivity contribution >= 4 is 5.69 Å². The molecule has 0 aliphatic heterocycles. The topological polar surface area (TPSA) is 70.1 Å². The van der Waals surface area contributed by atoms with E-state index in [-0.39, 0.29) is 11.4 Å². The molecule has 5 heteroatoms. The average Bonchev–Trinajstić information content (AvgIpc) is 1.99. The Kier molecular flexibility index (Phi) is 2.18. The van der Waals surface area contributed by atoms with Crippen LogP contribution in [0.3, 0.4) is 0 Å². The summed E-state index contributed by atoms with van der Waals surface area (Å²) in [7, 11) is 0. The Morgan fingerprint density at radius 1 is 1.38 bits per heavy atom. The summed E-state index contributed by atoms with van der Waals surface area (Å²) in [6.07, 6.45) is 0. The van der Waals surface area contributed by atoms with E-state index in [2.05, 4.69) is 0 Å². The van der Waals surface area contributed by atoms with Crippen LogP contribution in [0.15, 0.2) is 6.07 Å². The van der Waals surface area contributed by atoms with Gasteiger partial charge < -0.3 is 5.21 Å². The van der Waals surface area contributed by atoms with Gasteiger partial charge in [-0.25, -0.2) is 0 Å². The number of hydrogen-bond donors (Lipinski definition) is 0.